The van der Waals surface area contributed by atoms with Gasteiger partial charge in [0.05, 0.1) is 10.4 Å². The summed E-state index contributed by atoms with van der Waals surface area (Å²) in [5, 5.41) is 0.0566. The van der Waals surface area contributed by atoms with Gasteiger partial charge in [-0.2, -0.15) is 0 Å². The minimum Gasteiger partial charge on any atom is -0.221 e. The number of fused-ring (bicyclic) bond motifs is 1. The number of halogens is 3. The van der Waals surface area contributed by atoms with E-state index < -0.39 is 43.3 Å². The molecule has 0 aliphatic carbocycles. The minimum atomic E-state index is -4.46. The largest absolute Gasteiger partial charge is 0.269 e. The van der Waals surface area contributed by atoms with Gasteiger partial charge in [-0.1, -0.05) is 54.1 Å². The molecule has 0 bridgehead atoms. The van der Waals surface area contributed by atoms with E-state index in [9.17, 15) is 25.6 Å². The quantitative estimate of drug-likeness (QED) is 0.261. The summed E-state index contributed by atoms with van der Waals surface area (Å²) in [5.74, 6) is -1.10. The highest BCUT2D eigenvalue weighted by atomic mass is 35.5. The van der Waals surface area contributed by atoms with Crippen molar-refractivity contribution >= 4 is 42.6 Å². The Bertz CT molecular complexity index is 1870. The monoisotopic (exact) mass is 572 g/mol. The average molecular weight is 573 g/mol. The molecule has 0 unspecified atom stereocenters. The summed E-state index contributed by atoms with van der Waals surface area (Å²) in [6.45, 7) is -0.439. The van der Waals surface area contributed by atoms with Crippen LogP contribution in [-0.2, 0) is 26.6 Å². The minimum absolute atomic E-state index is 0.0380. The van der Waals surface area contributed by atoms with Gasteiger partial charge < -0.3 is 0 Å². The van der Waals surface area contributed by atoms with E-state index in [1.807, 2.05) is 0 Å². The predicted molar refractivity (Wildman–Crippen MR) is 142 cm³/mol. The topological polar surface area (TPSA) is 85.2 Å². The summed E-state index contributed by atoms with van der Waals surface area (Å²) >= 11 is 6.07. The third-order valence-electron chi connectivity index (χ3n) is 5.93. The smallest absolute Gasteiger partial charge is 0.221 e. The molecule has 1 N–H and O–H groups in total. The number of hydrogen-bond donors (Lipinski definition) is 1. The molecular formula is C27H19ClF2N2O4S2. The molecule has 5 aromatic rings. The molecule has 0 saturated heterocycles. The van der Waals surface area contributed by atoms with Crippen LogP contribution in [0.1, 0.15) is 5.56 Å². The number of sulfonamides is 1. The lowest BCUT2D eigenvalue weighted by atomic mass is 10.0. The van der Waals surface area contributed by atoms with Crippen LogP contribution >= 0.6 is 11.6 Å². The highest BCUT2D eigenvalue weighted by molar-refractivity contribution is 7.92. The number of hydrogen-bond acceptors (Lipinski definition) is 4. The molecule has 4 aromatic carbocycles. The molecule has 5 rings (SSSR count). The normalized spacial score (nSPS) is 12.2. The van der Waals surface area contributed by atoms with Crippen molar-refractivity contribution < 1.29 is 25.6 Å². The van der Waals surface area contributed by atoms with Gasteiger partial charge in [-0.3, -0.25) is 0 Å². The van der Waals surface area contributed by atoms with Crippen LogP contribution < -0.4 is 4.72 Å². The first kappa shape index (κ1) is 26.1. The molecule has 0 atom stereocenters. The van der Waals surface area contributed by atoms with E-state index in [1.54, 1.807) is 12.1 Å². The molecule has 1 aromatic heterocycles. The predicted octanol–water partition coefficient (Wildman–Crippen LogP) is 5.96. The first-order valence-corrected chi connectivity index (χ1v) is 14.5. The van der Waals surface area contributed by atoms with Crippen molar-refractivity contribution in [1.82, 2.24) is 8.69 Å². The average Bonchev–Trinajstić information content (AvgIpc) is 3.29. The van der Waals surface area contributed by atoms with Crippen molar-refractivity contribution in [3.05, 3.63) is 119 Å². The van der Waals surface area contributed by atoms with Gasteiger partial charge in [0.2, 0.25) is 0 Å². The van der Waals surface area contributed by atoms with Crippen LogP contribution in [0.3, 0.4) is 0 Å². The maximum Gasteiger partial charge on any atom is 0.269 e. The Labute approximate surface area is 223 Å². The zero-order chi connectivity index (χ0) is 27.1. The molecule has 6 nitrogen and oxygen atoms in total. The second kappa shape index (κ2) is 9.95. The Balaban J connectivity index is 1.51. The maximum atomic E-state index is 14.9. The summed E-state index contributed by atoms with van der Waals surface area (Å²) in [5.41, 5.74) is 1.23. The molecule has 38 heavy (non-hydrogen) atoms. The summed E-state index contributed by atoms with van der Waals surface area (Å²) in [6.07, 6.45) is 0. The summed E-state index contributed by atoms with van der Waals surface area (Å²) < 4.78 is 85.0. The van der Waals surface area contributed by atoms with Crippen LogP contribution in [0, 0.1) is 11.6 Å². The standard InChI is InChI=1S/C27H19ClF2N2O4S2/c28-22-10-13-26-21(14-22)16-27(32(26)38(35,36)24-4-2-1-3-5-24)37(33,34)31-17-20-7-6-19(15-25(20)30)18-8-11-23(29)12-9-18/h1-16,31H,17H2. The van der Waals surface area contributed by atoms with Crippen LogP contribution in [0.2, 0.25) is 5.02 Å². The van der Waals surface area contributed by atoms with Crippen LogP contribution in [0.5, 0.6) is 0 Å². The number of rotatable bonds is 7. The third-order valence-corrected chi connectivity index (χ3v) is 9.40. The fraction of sp³-hybridized carbons (Fsp3) is 0.0370. The van der Waals surface area contributed by atoms with E-state index in [0.717, 1.165) is 3.97 Å². The van der Waals surface area contributed by atoms with Gasteiger partial charge in [0, 0.05) is 22.5 Å². The van der Waals surface area contributed by atoms with Crippen LogP contribution in [0.4, 0.5) is 8.78 Å². The molecule has 1 heterocycles. The van der Waals surface area contributed by atoms with Gasteiger partial charge in [0.1, 0.15) is 11.6 Å². The summed E-state index contributed by atoms with van der Waals surface area (Å²) in [4.78, 5) is -0.105. The molecule has 0 aliphatic heterocycles. The number of nitrogens with zero attached hydrogens (tertiary/aromatic N) is 1. The molecule has 0 radical (unpaired) electrons. The molecule has 194 valence electrons. The van der Waals surface area contributed by atoms with Gasteiger partial charge in [0.25, 0.3) is 20.0 Å². The molecule has 0 amide bonds. The molecule has 0 saturated carbocycles. The number of nitrogens with one attached hydrogen (secondary N) is 1. The van der Waals surface area contributed by atoms with Gasteiger partial charge in [-0.25, -0.2) is 34.3 Å². The number of aromatic nitrogens is 1. The van der Waals surface area contributed by atoms with Gasteiger partial charge in [0.15, 0.2) is 5.03 Å². The molecule has 0 spiro atoms. The zero-order valence-corrected chi connectivity index (χ0v) is 21.9. The first-order chi connectivity index (χ1) is 18.1. The fourth-order valence-electron chi connectivity index (χ4n) is 4.03. The van der Waals surface area contributed by atoms with E-state index in [2.05, 4.69) is 4.72 Å². The third kappa shape index (κ3) is 4.95. The van der Waals surface area contributed by atoms with Gasteiger partial charge in [-0.15, -0.1) is 0 Å². The molecule has 0 aliphatic rings. The highest BCUT2D eigenvalue weighted by Crippen LogP contribution is 2.30. The lowest BCUT2D eigenvalue weighted by Gasteiger charge is -2.13. The maximum absolute atomic E-state index is 14.9. The van der Waals surface area contributed by atoms with E-state index in [1.165, 1.54) is 84.9 Å². The number of benzene rings is 4. The Morgan fingerprint density at radius 3 is 2.13 bits per heavy atom. The van der Waals surface area contributed by atoms with Crippen molar-refractivity contribution in [2.24, 2.45) is 0 Å². The van der Waals surface area contributed by atoms with E-state index in [0.29, 0.717) is 21.5 Å². The van der Waals surface area contributed by atoms with Crippen LogP contribution in [0.15, 0.2) is 107 Å². The Hall–Kier alpha value is -3.57. The second-order valence-electron chi connectivity index (χ2n) is 8.41. The van der Waals surface area contributed by atoms with Crippen LogP contribution in [0.25, 0.3) is 22.0 Å². The first-order valence-electron chi connectivity index (χ1n) is 11.2. The molecule has 11 heteroatoms. The van der Waals surface area contributed by atoms with Crippen molar-refractivity contribution in [2.75, 3.05) is 0 Å². The van der Waals surface area contributed by atoms with Crippen molar-refractivity contribution in [1.29, 1.82) is 0 Å². The lowest BCUT2D eigenvalue weighted by molar-refractivity contribution is 0.562. The zero-order valence-electron chi connectivity index (χ0n) is 19.5. The van der Waals surface area contributed by atoms with Gasteiger partial charge in [-0.05, 0) is 65.7 Å². The van der Waals surface area contributed by atoms with Crippen LogP contribution in [-0.4, -0.2) is 20.8 Å². The molecule has 0 fully saturated rings. The Morgan fingerprint density at radius 1 is 0.763 bits per heavy atom. The van der Waals surface area contributed by atoms with E-state index in [4.69, 9.17) is 11.6 Å². The summed E-state index contributed by atoms with van der Waals surface area (Å²) in [6, 6.07) is 22.7. The van der Waals surface area contributed by atoms with E-state index in [-0.39, 0.29) is 16.0 Å². The van der Waals surface area contributed by atoms with E-state index >= 15 is 0 Å². The van der Waals surface area contributed by atoms with Crippen molar-refractivity contribution in [3.8, 4) is 11.1 Å². The summed E-state index contributed by atoms with van der Waals surface area (Å²) in [7, 11) is -8.78. The fourth-order valence-corrected chi connectivity index (χ4v) is 7.32. The Kier molecular flexibility index (Phi) is 6.83. The van der Waals surface area contributed by atoms with Gasteiger partial charge >= 0.3 is 0 Å². The Morgan fingerprint density at radius 2 is 1.45 bits per heavy atom. The van der Waals surface area contributed by atoms with Crippen molar-refractivity contribution in [3.63, 3.8) is 0 Å². The second-order valence-corrected chi connectivity index (χ2v) is 12.3. The molecular weight excluding hydrogens is 554 g/mol. The SMILES string of the molecule is O=S(=O)(NCc1ccc(-c2ccc(F)cc2)cc1F)c1cc2cc(Cl)ccc2n1S(=O)(=O)c1ccccc1. The lowest BCUT2D eigenvalue weighted by Crippen LogP contribution is -2.28. The highest BCUT2D eigenvalue weighted by Gasteiger charge is 2.30. The van der Waals surface area contributed by atoms with Crippen molar-refractivity contribution in [2.45, 2.75) is 16.5 Å².